The summed E-state index contributed by atoms with van der Waals surface area (Å²) in [6.45, 7) is 4.08. The van der Waals surface area contributed by atoms with Crippen LogP contribution in [0.25, 0.3) is 28.0 Å². The van der Waals surface area contributed by atoms with Crippen molar-refractivity contribution in [1.29, 1.82) is 0 Å². The van der Waals surface area contributed by atoms with Crippen molar-refractivity contribution in [3.63, 3.8) is 0 Å². The second kappa shape index (κ2) is 6.84. The van der Waals surface area contributed by atoms with Crippen molar-refractivity contribution >= 4 is 22.3 Å². The molecule has 4 aromatic heterocycles. The Kier molecular flexibility index (Phi) is 4.13. The fourth-order valence-electron chi connectivity index (χ4n) is 3.67. The van der Waals surface area contributed by atoms with E-state index in [-0.39, 0.29) is 5.69 Å². The molecule has 5 rings (SSSR count). The Balaban J connectivity index is 1.51. The van der Waals surface area contributed by atoms with Gasteiger partial charge in [0.15, 0.2) is 11.3 Å². The van der Waals surface area contributed by atoms with Crippen molar-refractivity contribution in [3.05, 3.63) is 70.4 Å². The molecule has 5 aromatic rings. The van der Waals surface area contributed by atoms with Crippen molar-refractivity contribution in [1.82, 2.24) is 29.1 Å². The number of aryl methyl sites for hydroxylation is 3. The number of fused-ring (bicyclic) bond motifs is 2. The highest BCUT2D eigenvalue weighted by Crippen LogP contribution is 2.25. The van der Waals surface area contributed by atoms with Crippen LogP contribution in [-0.4, -0.2) is 29.1 Å². The van der Waals surface area contributed by atoms with Crippen LogP contribution in [0.3, 0.4) is 0 Å². The zero-order chi connectivity index (χ0) is 20.8. The van der Waals surface area contributed by atoms with Gasteiger partial charge in [-0.25, -0.2) is 19.3 Å². The first-order valence-electron chi connectivity index (χ1n) is 9.71. The third-order valence-electron chi connectivity index (χ3n) is 5.34. The standard InChI is InChI=1S/C22H20N6O2/c1-4-14-12-24-20-18(13(14)2)26-21(29)28(20)15-7-9-16(10-8-15)30-22-25-17-6-5-11-23-19(17)27(22)3/h5-12H,4H2,1-3H3,(H,26,29). The maximum atomic E-state index is 12.6. The minimum atomic E-state index is -0.219. The summed E-state index contributed by atoms with van der Waals surface area (Å²) in [6.07, 6.45) is 4.42. The molecule has 0 bridgehead atoms. The van der Waals surface area contributed by atoms with Crippen molar-refractivity contribution in [3.8, 4) is 17.4 Å². The molecule has 8 heteroatoms. The molecule has 0 unspecified atom stereocenters. The van der Waals surface area contributed by atoms with Crippen LogP contribution >= 0.6 is 0 Å². The molecular weight excluding hydrogens is 380 g/mol. The minimum Gasteiger partial charge on any atom is -0.425 e. The molecule has 0 fully saturated rings. The van der Waals surface area contributed by atoms with Crippen LogP contribution in [0.5, 0.6) is 11.8 Å². The molecule has 0 spiro atoms. The topological polar surface area (TPSA) is 90.6 Å². The zero-order valence-electron chi connectivity index (χ0n) is 16.9. The smallest absolute Gasteiger partial charge is 0.332 e. The first-order chi connectivity index (χ1) is 14.6. The predicted octanol–water partition coefficient (Wildman–Crippen LogP) is 3.66. The number of benzene rings is 1. The quantitative estimate of drug-likeness (QED) is 0.497. The van der Waals surface area contributed by atoms with Crippen molar-refractivity contribution < 1.29 is 4.74 Å². The van der Waals surface area contributed by atoms with E-state index >= 15 is 0 Å². The van der Waals surface area contributed by atoms with E-state index in [9.17, 15) is 4.79 Å². The highest BCUT2D eigenvalue weighted by molar-refractivity contribution is 5.77. The Bertz CT molecular complexity index is 1440. The van der Waals surface area contributed by atoms with Gasteiger partial charge in [-0.15, -0.1) is 0 Å². The lowest BCUT2D eigenvalue weighted by Gasteiger charge is -2.08. The summed E-state index contributed by atoms with van der Waals surface area (Å²) in [5.74, 6) is 0.613. The molecule has 4 heterocycles. The molecule has 0 amide bonds. The van der Waals surface area contributed by atoms with Crippen LogP contribution in [0.2, 0.25) is 0 Å². The summed E-state index contributed by atoms with van der Waals surface area (Å²) >= 11 is 0. The normalized spacial score (nSPS) is 11.4. The van der Waals surface area contributed by atoms with E-state index in [1.165, 1.54) is 0 Å². The van der Waals surface area contributed by atoms with E-state index in [0.29, 0.717) is 23.1 Å². The number of aromatic amines is 1. The summed E-state index contributed by atoms with van der Waals surface area (Å²) in [7, 11) is 1.86. The summed E-state index contributed by atoms with van der Waals surface area (Å²) in [4.78, 5) is 28.9. The monoisotopic (exact) mass is 400 g/mol. The molecule has 0 saturated heterocycles. The molecule has 1 N–H and O–H groups in total. The summed E-state index contributed by atoms with van der Waals surface area (Å²) in [6, 6.07) is 11.4. The van der Waals surface area contributed by atoms with Gasteiger partial charge in [0.1, 0.15) is 11.3 Å². The SMILES string of the molecule is CCc1cnc2c([nH]c(=O)n2-c2ccc(Oc3nc4cccnc4n3C)cc2)c1C. The second-order valence-electron chi connectivity index (χ2n) is 7.12. The maximum absolute atomic E-state index is 12.6. The van der Waals surface area contributed by atoms with Crippen LogP contribution in [0.1, 0.15) is 18.1 Å². The number of H-pyrrole nitrogens is 1. The molecule has 0 aliphatic carbocycles. The number of aromatic nitrogens is 6. The van der Waals surface area contributed by atoms with Gasteiger partial charge in [-0.2, -0.15) is 4.98 Å². The van der Waals surface area contributed by atoms with E-state index in [1.807, 2.05) is 44.4 Å². The Morgan fingerprint density at radius 3 is 2.63 bits per heavy atom. The molecule has 1 aromatic carbocycles. The molecule has 0 atom stereocenters. The Labute approximate surface area is 171 Å². The number of nitrogens with zero attached hydrogens (tertiary/aromatic N) is 5. The Morgan fingerprint density at radius 2 is 1.90 bits per heavy atom. The molecule has 0 saturated carbocycles. The maximum Gasteiger partial charge on any atom is 0.332 e. The lowest BCUT2D eigenvalue weighted by molar-refractivity contribution is 0.427. The van der Waals surface area contributed by atoms with Gasteiger partial charge in [0.25, 0.3) is 0 Å². The zero-order valence-corrected chi connectivity index (χ0v) is 16.9. The number of rotatable bonds is 4. The minimum absolute atomic E-state index is 0.219. The third-order valence-corrected chi connectivity index (χ3v) is 5.34. The summed E-state index contributed by atoms with van der Waals surface area (Å²) < 4.78 is 9.31. The number of nitrogens with one attached hydrogen (secondary N) is 1. The van der Waals surface area contributed by atoms with Gasteiger partial charge in [-0.3, -0.25) is 4.57 Å². The number of pyridine rings is 2. The molecule has 8 nitrogen and oxygen atoms in total. The number of hydrogen-bond donors (Lipinski definition) is 1. The lowest BCUT2D eigenvalue weighted by atomic mass is 10.1. The number of hydrogen-bond acceptors (Lipinski definition) is 5. The van der Waals surface area contributed by atoms with Crippen molar-refractivity contribution in [2.75, 3.05) is 0 Å². The van der Waals surface area contributed by atoms with Gasteiger partial charge >= 0.3 is 11.7 Å². The van der Waals surface area contributed by atoms with Gasteiger partial charge < -0.3 is 9.72 Å². The van der Waals surface area contributed by atoms with Crippen LogP contribution < -0.4 is 10.4 Å². The highest BCUT2D eigenvalue weighted by atomic mass is 16.5. The average molecular weight is 400 g/mol. The molecule has 0 aliphatic rings. The van der Waals surface area contributed by atoms with E-state index in [2.05, 4.69) is 26.9 Å². The lowest BCUT2D eigenvalue weighted by Crippen LogP contribution is -2.14. The highest BCUT2D eigenvalue weighted by Gasteiger charge is 2.15. The molecule has 0 radical (unpaired) electrons. The van der Waals surface area contributed by atoms with Gasteiger partial charge in [-0.05, 0) is 60.9 Å². The number of imidazole rings is 2. The average Bonchev–Trinajstić information content (AvgIpc) is 3.26. The van der Waals surface area contributed by atoms with Crippen molar-refractivity contribution in [2.45, 2.75) is 20.3 Å². The van der Waals surface area contributed by atoms with Gasteiger partial charge in [0.2, 0.25) is 0 Å². The van der Waals surface area contributed by atoms with Crippen molar-refractivity contribution in [2.24, 2.45) is 7.05 Å². The van der Waals surface area contributed by atoms with Crippen LogP contribution in [-0.2, 0) is 13.5 Å². The molecule has 30 heavy (non-hydrogen) atoms. The second-order valence-corrected chi connectivity index (χ2v) is 7.12. The predicted molar refractivity (Wildman–Crippen MR) is 114 cm³/mol. The molecule has 150 valence electrons. The first kappa shape index (κ1) is 18.1. The van der Waals surface area contributed by atoms with Gasteiger partial charge in [0, 0.05) is 19.4 Å². The number of ether oxygens (including phenoxy) is 1. The van der Waals surface area contributed by atoms with E-state index < -0.39 is 0 Å². The fourth-order valence-corrected chi connectivity index (χ4v) is 3.67. The molecular formula is C22H20N6O2. The third kappa shape index (κ3) is 2.76. The Hall–Kier alpha value is -3.94. The first-order valence-corrected chi connectivity index (χ1v) is 9.71. The van der Waals surface area contributed by atoms with Crippen LogP contribution in [0.15, 0.2) is 53.6 Å². The van der Waals surface area contributed by atoms with E-state index in [0.717, 1.165) is 34.2 Å². The largest absolute Gasteiger partial charge is 0.425 e. The summed E-state index contributed by atoms with van der Waals surface area (Å²) in [5, 5.41) is 0. The van der Waals surface area contributed by atoms with Crippen LogP contribution in [0, 0.1) is 6.92 Å². The van der Waals surface area contributed by atoms with E-state index in [1.54, 1.807) is 27.5 Å². The Morgan fingerprint density at radius 1 is 1.10 bits per heavy atom. The van der Waals surface area contributed by atoms with Gasteiger partial charge in [-0.1, -0.05) is 6.92 Å². The van der Waals surface area contributed by atoms with E-state index in [4.69, 9.17) is 4.74 Å². The molecule has 0 aliphatic heterocycles. The van der Waals surface area contributed by atoms with Crippen LogP contribution in [0.4, 0.5) is 0 Å². The summed E-state index contributed by atoms with van der Waals surface area (Å²) in [5.41, 5.74) is 5.57. The van der Waals surface area contributed by atoms with Gasteiger partial charge in [0.05, 0.1) is 11.2 Å². The fraction of sp³-hybridized carbons (Fsp3) is 0.182.